The first-order chi connectivity index (χ1) is 11.9. The number of aliphatic hydroxyl groups excluding tert-OH is 1. The topological polar surface area (TPSA) is 72.3 Å². The van der Waals surface area contributed by atoms with Crippen LogP contribution < -0.4 is 15.6 Å². The van der Waals surface area contributed by atoms with E-state index < -0.39 is 17.6 Å². The highest BCUT2D eigenvalue weighted by Crippen LogP contribution is 2.39. The van der Waals surface area contributed by atoms with E-state index in [1.807, 2.05) is 0 Å². The Bertz CT molecular complexity index is 907. The lowest BCUT2D eigenvalue weighted by Gasteiger charge is -2.24. The summed E-state index contributed by atoms with van der Waals surface area (Å²) in [5.74, 6) is -0.824. The van der Waals surface area contributed by atoms with Crippen molar-refractivity contribution < 1.29 is 28.1 Å². The molecule has 0 amide bonds. The van der Waals surface area contributed by atoms with Gasteiger partial charge in [-0.1, -0.05) is 18.2 Å². The minimum atomic E-state index is -4.45. The molecule has 2 aromatic carbocycles. The largest absolute Gasteiger partial charge is 0.492 e. The van der Waals surface area contributed by atoms with Gasteiger partial charge in [0.2, 0.25) is 5.88 Å². The molecule has 2 aliphatic heterocycles. The molecule has 4 rings (SSSR count). The highest BCUT2D eigenvalue weighted by molar-refractivity contribution is 5.78. The summed E-state index contributed by atoms with van der Waals surface area (Å²) in [7, 11) is 0. The Balaban J connectivity index is 0.00000196. The van der Waals surface area contributed by atoms with Crippen molar-refractivity contribution in [2.75, 3.05) is 10.0 Å². The van der Waals surface area contributed by atoms with Gasteiger partial charge in [-0.25, -0.2) is 14.4 Å². The van der Waals surface area contributed by atoms with Crippen molar-refractivity contribution in [1.82, 2.24) is 5.53 Å². The van der Waals surface area contributed by atoms with Crippen LogP contribution >= 0.6 is 0 Å². The van der Waals surface area contributed by atoms with Crippen molar-refractivity contribution in [3.63, 3.8) is 0 Å². The summed E-state index contributed by atoms with van der Waals surface area (Å²) in [4.78, 5) is 0. The number of rotatable bonds is 1. The Morgan fingerprint density at radius 2 is 1.62 bits per heavy atom. The Hall–Kier alpha value is -3.04. The molecular weight excluding hydrogens is 354 g/mol. The molecule has 26 heavy (non-hydrogen) atoms. The third-order valence-electron chi connectivity index (χ3n) is 3.93. The average molecular weight is 366 g/mol. The zero-order chi connectivity index (χ0) is 17.8. The number of fused-ring (bicyclic) bond motifs is 3. The van der Waals surface area contributed by atoms with Crippen LogP contribution in [-0.2, 0) is 6.18 Å². The molecule has 0 saturated heterocycles. The fraction of sp³-hybridized carbons (Fsp3) is 0.0588. The Morgan fingerprint density at radius 3 is 2.27 bits per heavy atom. The second-order valence-corrected chi connectivity index (χ2v) is 5.48. The van der Waals surface area contributed by atoms with Crippen molar-refractivity contribution in [3.8, 4) is 0 Å². The van der Waals surface area contributed by atoms with E-state index in [0.717, 1.165) is 17.1 Å². The fourth-order valence-electron chi connectivity index (χ4n) is 2.72. The summed E-state index contributed by atoms with van der Waals surface area (Å²) in [6, 6.07) is 8.68. The van der Waals surface area contributed by atoms with Gasteiger partial charge in [-0.2, -0.15) is 13.2 Å². The molecule has 0 aromatic heterocycles. The number of hydrogen-bond donors (Lipinski definition) is 1. The summed E-state index contributed by atoms with van der Waals surface area (Å²) < 4.78 is 52.2. The van der Waals surface area contributed by atoms with Gasteiger partial charge in [0.15, 0.2) is 0 Å². The SMILES string of the molecule is O.OC1=C2C=Cc3cccc(F)c3N2[N]N1c1ccc(C(F)(F)F)cc1. The lowest BCUT2D eigenvalue weighted by Crippen LogP contribution is -2.36. The smallest absolute Gasteiger partial charge is 0.416 e. The second kappa shape index (κ2) is 6.04. The number of benzene rings is 2. The van der Waals surface area contributed by atoms with Crippen molar-refractivity contribution in [2.24, 2.45) is 0 Å². The number of aliphatic hydroxyl groups is 1. The number of allylic oxidation sites excluding steroid dienone is 1. The van der Waals surface area contributed by atoms with Crippen LogP contribution in [-0.4, -0.2) is 10.6 Å². The molecule has 0 aliphatic carbocycles. The fourth-order valence-corrected chi connectivity index (χ4v) is 2.72. The first kappa shape index (κ1) is 17.8. The van der Waals surface area contributed by atoms with Gasteiger partial charge in [0.1, 0.15) is 17.2 Å². The molecule has 2 heterocycles. The molecule has 3 N–H and O–H groups in total. The van der Waals surface area contributed by atoms with Gasteiger partial charge in [-0.05, 0) is 41.9 Å². The van der Waals surface area contributed by atoms with Gasteiger partial charge < -0.3 is 10.6 Å². The van der Waals surface area contributed by atoms with Gasteiger partial charge >= 0.3 is 6.18 Å². The molecule has 0 saturated carbocycles. The number of halogens is 4. The van der Waals surface area contributed by atoms with Gasteiger partial charge in [-0.3, -0.25) is 0 Å². The van der Waals surface area contributed by atoms with Crippen LogP contribution in [0, 0.1) is 5.82 Å². The maximum absolute atomic E-state index is 14.2. The minimum Gasteiger partial charge on any atom is -0.492 e. The monoisotopic (exact) mass is 366 g/mol. The Labute approximate surface area is 145 Å². The lowest BCUT2D eigenvalue weighted by atomic mass is 10.1. The van der Waals surface area contributed by atoms with Crippen molar-refractivity contribution in [2.45, 2.75) is 6.18 Å². The predicted molar refractivity (Wildman–Crippen MR) is 87.2 cm³/mol. The maximum atomic E-state index is 14.2. The zero-order valence-electron chi connectivity index (χ0n) is 13.0. The summed E-state index contributed by atoms with van der Waals surface area (Å²) in [5, 5.41) is 12.6. The highest BCUT2D eigenvalue weighted by atomic mass is 19.4. The number of anilines is 2. The predicted octanol–water partition coefficient (Wildman–Crippen LogP) is 3.53. The van der Waals surface area contributed by atoms with E-state index in [1.165, 1.54) is 23.2 Å². The summed E-state index contributed by atoms with van der Waals surface area (Å²) in [6.45, 7) is 0. The van der Waals surface area contributed by atoms with Crippen LogP contribution in [0.15, 0.2) is 60.1 Å². The quantitative estimate of drug-likeness (QED) is 0.785. The van der Waals surface area contributed by atoms with Crippen LogP contribution in [0.25, 0.3) is 6.08 Å². The van der Waals surface area contributed by atoms with Crippen LogP contribution in [0.4, 0.5) is 28.9 Å². The molecule has 2 aliphatic rings. The van der Waals surface area contributed by atoms with Gasteiger partial charge in [0, 0.05) is 5.56 Å². The molecule has 9 heteroatoms. The van der Waals surface area contributed by atoms with E-state index >= 15 is 0 Å². The van der Waals surface area contributed by atoms with E-state index in [1.54, 1.807) is 24.3 Å². The second-order valence-electron chi connectivity index (χ2n) is 5.48. The van der Waals surface area contributed by atoms with E-state index in [0.29, 0.717) is 5.56 Å². The molecule has 2 aromatic rings. The molecule has 0 bridgehead atoms. The maximum Gasteiger partial charge on any atom is 0.416 e. The third kappa shape index (κ3) is 2.67. The van der Waals surface area contributed by atoms with E-state index in [-0.39, 0.29) is 28.4 Å². The molecule has 0 unspecified atom stereocenters. The van der Waals surface area contributed by atoms with Crippen LogP contribution in [0.3, 0.4) is 0 Å². The molecular formula is C17H12F4N3O2. The first-order valence-electron chi connectivity index (χ1n) is 7.25. The minimum absolute atomic E-state index is 0. The highest BCUT2D eigenvalue weighted by Gasteiger charge is 2.36. The molecule has 0 spiro atoms. The molecule has 135 valence electrons. The number of alkyl halides is 3. The van der Waals surface area contributed by atoms with Crippen molar-refractivity contribution >= 4 is 17.5 Å². The van der Waals surface area contributed by atoms with Crippen molar-refractivity contribution in [1.29, 1.82) is 0 Å². The normalized spacial score (nSPS) is 15.7. The Kier molecular flexibility index (Phi) is 4.13. The van der Waals surface area contributed by atoms with E-state index in [4.69, 9.17) is 0 Å². The lowest BCUT2D eigenvalue weighted by molar-refractivity contribution is -0.137. The van der Waals surface area contributed by atoms with E-state index in [2.05, 4.69) is 5.53 Å². The average Bonchev–Trinajstić information content (AvgIpc) is 2.91. The zero-order valence-corrected chi connectivity index (χ0v) is 13.0. The third-order valence-corrected chi connectivity index (χ3v) is 3.93. The van der Waals surface area contributed by atoms with E-state index in [9.17, 15) is 22.7 Å². The van der Waals surface area contributed by atoms with Gasteiger partial charge in [0.05, 0.1) is 11.3 Å². The number of para-hydroxylation sites is 1. The number of nitrogens with zero attached hydrogens (tertiary/aromatic N) is 3. The standard InChI is InChI=1S/C17H10F4N3O.H2O/c18-13-3-1-2-10-4-9-14-16(25)23(22-24(14)15(10)13)12-7-5-11(6-8-12)17(19,20)21;/h1-9,25H;1H2. The first-order valence-corrected chi connectivity index (χ1v) is 7.25. The molecule has 5 nitrogen and oxygen atoms in total. The van der Waals surface area contributed by atoms with Gasteiger partial charge in [-0.15, -0.1) is 0 Å². The van der Waals surface area contributed by atoms with Crippen LogP contribution in [0.1, 0.15) is 11.1 Å². The number of hydrogen-bond acceptors (Lipinski definition) is 3. The molecule has 0 fully saturated rings. The summed E-state index contributed by atoms with van der Waals surface area (Å²) in [5.41, 5.74) is 4.52. The molecule has 1 radical (unpaired) electrons. The Morgan fingerprint density at radius 1 is 0.923 bits per heavy atom. The molecule has 0 atom stereocenters. The van der Waals surface area contributed by atoms with Crippen LogP contribution in [0.5, 0.6) is 0 Å². The summed E-state index contributed by atoms with van der Waals surface area (Å²) >= 11 is 0. The summed E-state index contributed by atoms with van der Waals surface area (Å²) in [6.07, 6.45) is -1.26. The van der Waals surface area contributed by atoms with Crippen molar-refractivity contribution in [3.05, 3.63) is 77.1 Å². The van der Waals surface area contributed by atoms with Gasteiger partial charge in [0.25, 0.3) is 0 Å². The van der Waals surface area contributed by atoms with Crippen LogP contribution in [0.2, 0.25) is 0 Å².